The van der Waals surface area contributed by atoms with Gasteiger partial charge < -0.3 is 9.42 Å². The molecule has 0 bridgehead atoms. The number of carbonyl (C=O) groups excluding carboxylic acids is 1. The van der Waals surface area contributed by atoms with E-state index in [1.807, 2.05) is 16.8 Å². The van der Waals surface area contributed by atoms with Gasteiger partial charge in [0.2, 0.25) is 17.6 Å². The normalized spacial score (nSPS) is 18.6. The van der Waals surface area contributed by atoms with Gasteiger partial charge in [-0.2, -0.15) is 21.4 Å². The van der Waals surface area contributed by atoms with Crippen molar-refractivity contribution in [2.24, 2.45) is 0 Å². The monoisotopic (exact) mass is 301 g/mol. The molecule has 1 fully saturated rings. The zero-order chi connectivity index (χ0) is 14.2. The number of rotatable bonds is 3. The van der Waals surface area contributed by atoms with E-state index in [0.29, 0.717) is 24.7 Å². The van der Waals surface area contributed by atoms with Crippen LogP contribution >= 0.6 is 11.3 Å². The second kappa shape index (κ2) is 4.81. The fraction of sp³-hybridized carbons (Fsp3) is 0.231. The third kappa shape index (κ3) is 2.13. The Hall–Kier alpha value is -2.48. The molecule has 21 heavy (non-hydrogen) atoms. The standard InChI is InChI=1S/C13H11N5O2S/c19-11-3-9(6-18(11)10-4-14-15-5-10)13-16-12(17-20-13)8-1-2-21-7-8/h1-2,4-5,7,9H,3,6H2,(H,14,15)/t9-/m1/s1. The van der Waals surface area contributed by atoms with Gasteiger partial charge in [0.15, 0.2) is 0 Å². The summed E-state index contributed by atoms with van der Waals surface area (Å²) >= 11 is 1.58. The van der Waals surface area contributed by atoms with Crippen LogP contribution in [-0.4, -0.2) is 32.8 Å². The van der Waals surface area contributed by atoms with Gasteiger partial charge in [-0.05, 0) is 11.4 Å². The molecule has 0 aliphatic carbocycles. The van der Waals surface area contributed by atoms with Gasteiger partial charge >= 0.3 is 0 Å². The summed E-state index contributed by atoms with van der Waals surface area (Å²) in [4.78, 5) is 18.2. The Morgan fingerprint density at radius 2 is 2.43 bits per heavy atom. The number of carbonyl (C=O) groups is 1. The summed E-state index contributed by atoms with van der Waals surface area (Å²) in [5.74, 6) is 1.04. The molecule has 1 N–H and O–H groups in total. The highest BCUT2D eigenvalue weighted by Gasteiger charge is 2.35. The molecule has 106 valence electrons. The summed E-state index contributed by atoms with van der Waals surface area (Å²) in [5.41, 5.74) is 1.70. The molecule has 0 aromatic carbocycles. The van der Waals surface area contributed by atoms with Crippen molar-refractivity contribution < 1.29 is 9.32 Å². The molecule has 0 spiro atoms. The van der Waals surface area contributed by atoms with Crippen molar-refractivity contribution in [2.75, 3.05) is 11.4 Å². The van der Waals surface area contributed by atoms with E-state index >= 15 is 0 Å². The smallest absolute Gasteiger partial charge is 0.232 e. The summed E-state index contributed by atoms with van der Waals surface area (Å²) in [6.07, 6.45) is 3.70. The molecule has 1 aliphatic heterocycles. The molecule has 4 heterocycles. The Morgan fingerprint density at radius 3 is 3.19 bits per heavy atom. The van der Waals surface area contributed by atoms with Crippen molar-refractivity contribution in [3.8, 4) is 11.4 Å². The maximum absolute atomic E-state index is 12.1. The fourth-order valence-electron chi connectivity index (χ4n) is 2.42. The highest BCUT2D eigenvalue weighted by Crippen LogP contribution is 2.31. The van der Waals surface area contributed by atoms with E-state index in [2.05, 4.69) is 20.3 Å². The number of H-pyrrole nitrogens is 1. The minimum Gasteiger partial charge on any atom is -0.339 e. The summed E-state index contributed by atoms with van der Waals surface area (Å²) in [6, 6.07) is 1.94. The molecule has 1 amide bonds. The van der Waals surface area contributed by atoms with Gasteiger partial charge in [0.25, 0.3) is 0 Å². The number of aromatic amines is 1. The molecule has 0 radical (unpaired) electrons. The van der Waals surface area contributed by atoms with E-state index < -0.39 is 0 Å². The lowest BCUT2D eigenvalue weighted by molar-refractivity contribution is -0.117. The van der Waals surface area contributed by atoms with Crippen LogP contribution in [0.3, 0.4) is 0 Å². The first-order valence-corrected chi connectivity index (χ1v) is 7.41. The highest BCUT2D eigenvalue weighted by molar-refractivity contribution is 7.08. The van der Waals surface area contributed by atoms with Crippen LogP contribution in [0.2, 0.25) is 0 Å². The zero-order valence-corrected chi connectivity index (χ0v) is 11.7. The van der Waals surface area contributed by atoms with Crippen molar-refractivity contribution in [3.05, 3.63) is 35.1 Å². The van der Waals surface area contributed by atoms with Gasteiger partial charge in [-0.25, -0.2) is 0 Å². The van der Waals surface area contributed by atoms with Crippen LogP contribution in [0, 0.1) is 0 Å². The van der Waals surface area contributed by atoms with Gasteiger partial charge in [-0.3, -0.25) is 9.89 Å². The molecule has 0 unspecified atom stereocenters. The number of aromatic nitrogens is 4. The van der Waals surface area contributed by atoms with E-state index in [1.165, 1.54) is 0 Å². The molecular formula is C13H11N5O2S. The summed E-state index contributed by atoms with van der Waals surface area (Å²) in [5, 5.41) is 14.5. The van der Waals surface area contributed by atoms with Crippen molar-refractivity contribution >= 4 is 22.9 Å². The number of anilines is 1. The maximum atomic E-state index is 12.1. The zero-order valence-electron chi connectivity index (χ0n) is 10.9. The molecule has 7 nitrogen and oxygen atoms in total. The van der Waals surface area contributed by atoms with Gasteiger partial charge in [0.1, 0.15) is 0 Å². The Bertz CT molecular complexity index is 749. The average molecular weight is 301 g/mol. The van der Waals surface area contributed by atoms with Gasteiger partial charge in [-0.15, -0.1) is 0 Å². The van der Waals surface area contributed by atoms with Crippen LogP contribution in [0.15, 0.2) is 33.7 Å². The quantitative estimate of drug-likeness (QED) is 0.799. The highest BCUT2D eigenvalue weighted by atomic mass is 32.1. The van der Waals surface area contributed by atoms with Crippen LogP contribution in [0.4, 0.5) is 5.69 Å². The number of thiophene rings is 1. The third-order valence-corrected chi connectivity index (χ3v) is 4.17. The molecule has 1 atom stereocenters. The van der Waals surface area contributed by atoms with Crippen molar-refractivity contribution in [3.63, 3.8) is 0 Å². The molecule has 3 aromatic heterocycles. The first-order chi connectivity index (χ1) is 10.3. The van der Waals surface area contributed by atoms with Crippen LogP contribution in [0.25, 0.3) is 11.4 Å². The summed E-state index contributed by atoms with van der Waals surface area (Å²) < 4.78 is 5.33. The molecule has 1 saturated heterocycles. The second-order valence-electron chi connectivity index (χ2n) is 4.83. The minimum absolute atomic E-state index is 0.0386. The first-order valence-electron chi connectivity index (χ1n) is 6.46. The molecule has 4 rings (SSSR count). The van der Waals surface area contributed by atoms with Gasteiger partial charge in [0, 0.05) is 30.1 Å². The number of nitrogens with one attached hydrogen (secondary N) is 1. The van der Waals surface area contributed by atoms with E-state index in [9.17, 15) is 4.79 Å². The summed E-state index contributed by atoms with van der Waals surface area (Å²) in [7, 11) is 0. The van der Waals surface area contributed by atoms with Gasteiger partial charge in [0.05, 0.1) is 17.8 Å². The maximum Gasteiger partial charge on any atom is 0.232 e. The van der Waals surface area contributed by atoms with Crippen LogP contribution in [0.1, 0.15) is 18.2 Å². The first kappa shape index (κ1) is 12.3. The van der Waals surface area contributed by atoms with E-state index in [-0.39, 0.29) is 11.8 Å². The lowest BCUT2D eigenvalue weighted by Crippen LogP contribution is -2.23. The molecule has 3 aromatic rings. The lowest BCUT2D eigenvalue weighted by Gasteiger charge is -2.12. The van der Waals surface area contributed by atoms with Crippen LogP contribution in [0.5, 0.6) is 0 Å². The Morgan fingerprint density at radius 1 is 1.48 bits per heavy atom. The van der Waals surface area contributed by atoms with E-state index in [1.54, 1.807) is 28.6 Å². The Kier molecular flexibility index (Phi) is 2.81. The number of nitrogens with zero attached hydrogens (tertiary/aromatic N) is 4. The SMILES string of the molecule is O=C1C[C@@H](c2nc(-c3ccsc3)no2)CN1c1cn[nH]c1. The summed E-state index contributed by atoms with van der Waals surface area (Å²) in [6.45, 7) is 0.531. The minimum atomic E-state index is -0.0766. The molecule has 1 aliphatic rings. The Balaban J connectivity index is 1.57. The largest absolute Gasteiger partial charge is 0.339 e. The van der Waals surface area contributed by atoms with Crippen LogP contribution < -0.4 is 4.90 Å². The predicted molar refractivity (Wildman–Crippen MR) is 75.9 cm³/mol. The van der Waals surface area contributed by atoms with E-state index in [0.717, 1.165) is 11.3 Å². The fourth-order valence-corrected chi connectivity index (χ4v) is 3.06. The van der Waals surface area contributed by atoms with Crippen LogP contribution in [-0.2, 0) is 4.79 Å². The number of hydrogen-bond donors (Lipinski definition) is 1. The van der Waals surface area contributed by atoms with Crippen molar-refractivity contribution in [1.29, 1.82) is 0 Å². The average Bonchev–Trinajstić information content (AvgIpc) is 3.26. The van der Waals surface area contributed by atoms with Crippen molar-refractivity contribution in [2.45, 2.75) is 12.3 Å². The topological polar surface area (TPSA) is 87.9 Å². The Labute approximate surface area is 123 Å². The lowest BCUT2D eigenvalue weighted by atomic mass is 10.1. The van der Waals surface area contributed by atoms with E-state index in [4.69, 9.17) is 4.52 Å². The third-order valence-electron chi connectivity index (χ3n) is 3.49. The number of hydrogen-bond acceptors (Lipinski definition) is 6. The van der Waals surface area contributed by atoms with Crippen molar-refractivity contribution in [1.82, 2.24) is 20.3 Å². The molecule has 0 saturated carbocycles. The number of amides is 1. The second-order valence-corrected chi connectivity index (χ2v) is 5.61. The molecule has 8 heteroatoms. The molecular weight excluding hydrogens is 290 g/mol. The predicted octanol–water partition coefficient (Wildman–Crippen LogP) is 2.04. The van der Waals surface area contributed by atoms with Gasteiger partial charge in [-0.1, -0.05) is 5.16 Å².